The second-order valence-corrected chi connectivity index (χ2v) is 6.27. The fourth-order valence-corrected chi connectivity index (χ4v) is 2.63. The van der Waals surface area contributed by atoms with Crippen molar-refractivity contribution in [2.24, 2.45) is 0 Å². The molecule has 0 saturated carbocycles. The zero-order valence-corrected chi connectivity index (χ0v) is 15.5. The Bertz CT molecular complexity index is 1020. The minimum absolute atomic E-state index is 0.230. The summed E-state index contributed by atoms with van der Waals surface area (Å²) in [5.41, 5.74) is 3.75. The summed E-state index contributed by atoms with van der Waals surface area (Å²) < 4.78 is 10.4. The van der Waals surface area contributed by atoms with Crippen LogP contribution in [0, 0.1) is 13.8 Å². The van der Waals surface area contributed by atoms with Crippen molar-refractivity contribution in [1.82, 2.24) is 0 Å². The first-order valence-electron chi connectivity index (χ1n) is 8.66. The smallest absolute Gasteiger partial charge is 0.338 e. The highest BCUT2D eigenvalue weighted by molar-refractivity contribution is 5.96. The largest absolute Gasteiger partial charge is 0.453 e. The van der Waals surface area contributed by atoms with Gasteiger partial charge in [0.2, 0.25) is 0 Å². The van der Waals surface area contributed by atoms with Crippen molar-refractivity contribution in [3.8, 4) is 11.3 Å². The highest BCUT2D eigenvalue weighted by atomic mass is 16.5. The molecule has 2 aromatic carbocycles. The number of carbonyl (C=O) groups excluding carboxylic acids is 3. The van der Waals surface area contributed by atoms with Crippen LogP contribution in [0.5, 0.6) is 0 Å². The standard InChI is InChI=1S/C22H19NO5/c1-14-4-3-5-19(15(14)2)23-21(25)13-27-22(26)17-8-6-16(7-9-17)20-11-10-18(12-24)28-20/h3-12H,13H2,1-2H3,(H,23,25). The summed E-state index contributed by atoms with van der Waals surface area (Å²) in [5.74, 6) is -0.255. The molecule has 0 atom stereocenters. The maximum Gasteiger partial charge on any atom is 0.338 e. The van der Waals surface area contributed by atoms with Gasteiger partial charge in [0.25, 0.3) is 5.91 Å². The van der Waals surface area contributed by atoms with Crippen molar-refractivity contribution < 1.29 is 23.5 Å². The van der Waals surface area contributed by atoms with Crippen molar-refractivity contribution in [2.75, 3.05) is 11.9 Å². The van der Waals surface area contributed by atoms with Gasteiger partial charge in [0.1, 0.15) is 5.76 Å². The van der Waals surface area contributed by atoms with E-state index in [1.165, 1.54) is 0 Å². The third-order valence-corrected chi connectivity index (χ3v) is 4.36. The second-order valence-electron chi connectivity index (χ2n) is 6.27. The number of furan rings is 1. The first-order valence-corrected chi connectivity index (χ1v) is 8.66. The van der Waals surface area contributed by atoms with Crippen LogP contribution in [0.15, 0.2) is 59.0 Å². The molecule has 6 heteroatoms. The van der Waals surface area contributed by atoms with E-state index in [9.17, 15) is 14.4 Å². The number of rotatable bonds is 6. The predicted octanol–water partition coefficient (Wildman–Crippen LogP) is 4.17. The number of hydrogen-bond donors (Lipinski definition) is 1. The first kappa shape index (κ1) is 19.1. The van der Waals surface area contributed by atoms with Gasteiger partial charge in [0, 0.05) is 11.3 Å². The molecule has 0 spiro atoms. The number of anilines is 1. The molecule has 0 bridgehead atoms. The second kappa shape index (κ2) is 8.35. The molecule has 142 valence electrons. The Morgan fingerprint density at radius 1 is 1.04 bits per heavy atom. The molecule has 1 aromatic heterocycles. The number of benzene rings is 2. The highest BCUT2D eigenvalue weighted by Crippen LogP contribution is 2.22. The zero-order chi connectivity index (χ0) is 20.1. The van der Waals surface area contributed by atoms with Gasteiger partial charge in [0.05, 0.1) is 5.56 Å². The van der Waals surface area contributed by atoms with Gasteiger partial charge in [-0.2, -0.15) is 0 Å². The van der Waals surface area contributed by atoms with Crippen LogP contribution in [0.4, 0.5) is 5.69 Å². The third-order valence-electron chi connectivity index (χ3n) is 4.36. The molecule has 28 heavy (non-hydrogen) atoms. The molecule has 1 amide bonds. The van der Waals surface area contributed by atoms with Crippen LogP contribution in [0.2, 0.25) is 0 Å². The molecule has 0 aliphatic heterocycles. The molecule has 3 aromatic rings. The number of hydrogen-bond acceptors (Lipinski definition) is 5. The molecule has 0 radical (unpaired) electrons. The lowest BCUT2D eigenvalue weighted by atomic mass is 10.1. The number of aryl methyl sites for hydroxylation is 1. The molecule has 3 rings (SSSR count). The minimum Gasteiger partial charge on any atom is -0.453 e. The number of nitrogens with one attached hydrogen (secondary N) is 1. The fraction of sp³-hybridized carbons (Fsp3) is 0.136. The molecular formula is C22H19NO5. The number of ether oxygens (including phenoxy) is 1. The van der Waals surface area contributed by atoms with Crippen LogP contribution in [0.25, 0.3) is 11.3 Å². The summed E-state index contributed by atoms with van der Waals surface area (Å²) in [5, 5.41) is 2.74. The van der Waals surface area contributed by atoms with Gasteiger partial charge in [-0.15, -0.1) is 0 Å². The Balaban J connectivity index is 1.57. The van der Waals surface area contributed by atoms with Gasteiger partial charge in [-0.3, -0.25) is 9.59 Å². The van der Waals surface area contributed by atoms with Crippen molar-refractivity contribution in [2.45, 2.75) is 13.8 Å². The number of carbonyl (C=O) groups is 3. The quantitative estimate of drug-likeness (QED) is 0.515. The Morgan fingerprint density at radius 2 is 1.79 bits per heavy atom. The van der Waals surface area contributed by atoms with E-state index in [1.54, 1.807) is 42.5 Å². The number of amides is 1. The van der Waals surface area contributed by atoms with Crippen LogP contribution in [-0.4, -0.2) is 24.8 Å². The Labute approximate surface area is 162 Å². The molecule has 0 unspecified atom stereocenters. The molecule has 0 saturated heterocycles. The minimum atomic E-state index is -0.601. The molecule has 0 aliphatic rings. The van der Waals surface area contributed by atoms with Gasteiger partial charge in [-0.05, 0) is 55.3 Å². The van der Waals surface area contributed by atoms with Crippen LogP contribution < -0.4 is 5.32 Å². The Morgan fingerprint density at radius 3 is 2.46 bits per heavy atom. The van der Waals surface area contributed by atoms with E-state index >= 15 is 0 Å². The van der Waals surface area contributed by atoms with E-state index in [0.717, 1.165) is 16.7 Å². The predicted molar refractivity (Wildman–Crippen MR) is 104 cm³/mol. The molecule has 6 nitrogen and oxygen atoms in total. The van der Waals surface area contributed by atoms with Crippen molar-refractivity contribution >= 4 is 23.9 Å². The van der Waals surface area contributed by atoms with Crippen molar-refractivity contribution in [3.63, 3.8) is 0 Å². The summed E-state index contributed by atoms with van der Waals surface area (Å²) in [4.78, 5) is 34.9. The lowest BCUT2D eigenvalue weighted by Gasteiger charge is -2.10. The normalized spacial score (nSPS) is 10.4. The van der Waals surface area contributed by atoms with E-state index < -0.39 is 11.9 Å². The van der Waals surface area contributed by atoms with Gasteiger partial charge >= 0.3 is 5.97 Å². The fourth-order valence-electron chi connectivity index (χ4n) is 2.63. The van der Waals surface area contributed by atoms with Gasteiger partial charge < -0.3 is 14.5 Å². The average Bonchev–Trinajstić information content (AvgIpc) is 3.19. The summed E-state index contributed by atoms with van der Waals surface area (Å²) in [6.45, 7) is 3.49. The molecular weight excluding hydrogens is 358 g/mol. The summed E-state index contributed by atoms with van der Waals surface area (Å²) in [6, 6.07) is 15.4. The topological polar surface area (TPSA) is 85.6 Å². The monoisotopic (exact) mass is 377 g/mol. The summed E-state index contributed by atoms with van der Waals surface area (Å²) >= 11 is 0. The van der Waals surface area contributed by atoms with E-state index in [4.69, 9.17) is 9.15 Å². The van der Waals surface area contributed by atoms with E-state index in [0.29, 0.717) is 23.3 Å². The number of esters is 1. The molecule has 0 fully saturated rings. The van der Waals surface area contributed by atoms with E-state index in [1.807, 2.05) is 26.0 Å². The average molecular weight is 377 g/mol. The lowest BCUT2D eigenvalue weighted by Crippen LogP contribution is -2.21. The zero-order valence-electron chi connectivity index (χ0n) is 15.5. The Kier molecular flexibility index (Phi) is 5.69. The first-order chi connectivity index (χ1) is 13.5. The van der Waals surface area contributed by atoms with Crippen LogP contribution in [-0.2, 0) is 9.53 Å². The Hall–Kier alpha value is -3.67. The van der Waals surface area contributed by atoms with Crippen LogP contribution in [0.3, 0.4) is 0 Å². The molecule has 1 N–H and O–H groups in total. The SMILES string of the molecule is Cc1cccc(NC(=O)COC(=O)c2ccc(-c3ccc(C=O)o3)cc2)c1C. The van der Waals surface area contributed by atoms with Crippen molar-refractivity contribution in [1.29, 1.82) is 0 Å². The van der Waals surface area contributed by atoms with Crippen molar-refractivity contribution in [3.05, 3.63) is 77.0 Å². The molecule has 0 aliphatic carbocycles. The summed E-state index contributed by atoms with van der Waals surface area (Å²) in [6.07, 6.45) is 0.624. The van der Waals surface area contributed by atoms with Crippen LogP contribution in [0.1, 0.15) is 32.0 Å². The number of aldehydes is 1. The van der Waals surface area contributed by atoms with E-state index in [2.05, 4.69) is 5.32 Å². The lowest BCUT2D eigenvalue weighted by molar-refractivity contribution is -0.119. The molecule has 1 heterocycles. The maximum atomic E-state index is 12.1. The van der Waals surface area contributed by atoms with E-state index in [-0.39, 0.29) is 12.4 Å². The summed E-state index contributed by atoms with van der Waals surface area (Å²) in [7, 11) is 0. The van der Waals surface area contributed by atoms with Gasteiger partial charge in [-0.1, -0.05) is 24.3 Å². The van der Waals surface area contributed by atoms with Gasteiger partial charge in [0.15, 0.2) is 18.7 Å². The highest BCUT2D eigenvalue weighted by Gasteiger charge is 2.12. The third kappa shape index (κ3) is 4.35. The van der Waals surface area contributed by atoms with Crippen LogP contribution >= 0.6 is 0 Å². The van der Waals surface area contributed by atoms with Gasteiger partial charge in [-0.25, -0.2) is 4.79 Å². The maximum absolute atomic E-state index is 12.1.